The highest BCUT2D eigenvalue weighted by Gasteiger charge is 2.15. The summed E-state index contributed by atoms with van der Waals surface area (Å²) in [5.41, 5.74) is 2.75. The Balaban J connectivity index is 2.28. The lowest BCUT2D eigenvalue weighted by Crippen LogP contribution is -2.13. The number of rotatable bonds is 2. The SMILES string of the molecule is COc1ccc(-c2cnc(C(C)(C)C)cn2)cn1. The fourth-order valence-electron chi connectivity index (χ4n) is 1.52. The van der Waals surface area contributed by atoms with Crippen LogP contribution < -0.4 is 4.74 Å². The second-order valence-electron chi connectivity index (χ2n) is 5.13. The van der Waals surface area contributed by atoms with E-state index in [1.807, 2.05) is 18.3 Å². The highest BCUT2D eigenvalue weighted by atomic mass is 16.5. The number of hydrogen-bond acceptors (Lipinski definition) is 4. The first kappa shape index (κ1) is 12.5. The predicted molar refractivity (Wildman–Crippen MR) is 70.5 cm³/mol. The lowest BCUT2D eigenvalue weighted by atomic mass is 9.93. The van der Waals surface area contributed by atoms with Crippen LogP contribution in [0.5, 0.6) is 5.88 Å². The van der Waals surface area contributed by atoms with E-state index in [0.29, 0.717) is 5.88 Å². The Morgan fingerprint density at radius 3 is 2.17 bits per heavy atom. The molecule has 0 amide bonds. The zero-order valence-electron chi connectivity index (χ0n) is 11.1. The molecule has 0 aliphatic heterocycles. The minimum Gasteiger partial charge on any atom is -0.481 e. The van der Waals surface area contributed by atoms with E-state index in [1.165, 1.54) is 0 Å². The van der Waals surface area contributed by atoms with Crippen LogP contribution in [0.1, 0.15) is 26.5 Å². The van der Waals surface area contributed by atoms with Crippen LogP contribution in [0.4, 0.5) is 0 Å². The van der Waals surface area contributed by atoms with Gasteiger partial charge in [-0.2, -0.15) is 0 Å². The molecular formula is C14H17N3O. The van der Waals surface area contributed by atoms with Gasteiger partial charge in [0.2, 0.25) is 5.88 Å². The van der Waals surface area contributed by atoms with Gasteiger partial charge in [0.25, 0.3) is 0 Å². The number of pyridine rings is 1. The molecular weight excluding hydrogens is 226 g/mol. The standard InChI is InChI=1S/C14H17N3O/c1-14(2,3)12-9-15-11(8-16-12)10-5-6-13(18-4)17-7-10/h5-9H,1-4H3. The summed E-state index contributed by atoms with van der Waals surface area (Å²) in [6.07, 6.45) is 5.34. The molecule has 0 radical (unpaired) electrons. The molecule has 0 saturated heterocycles. The first-order valence-electron chi connectivity index (χ1n) is 5.83. The molecule has 2 aromatic heterocycles. The monoisotopic (exact) mass is 243 g/mol. The minimum absolute atomic E-state index is 0.0175. The van der Waals surface area contributed by atoms with Gasteiger partial charge in [-0.05, 0) is 6.07 Å². The summed E-state index contributed by atoms with van der Waals surface area (Å²) in [7, 11) is 1.60. The summed E-state index contributed by atoms with van der Waals surface area (Å²) in [4.78, 5) is 13.0. The number of methoxy groups -OCH3 is 1. The van der Waals surface area contributed by atoms with Gasteiger partial charge in [0, 0.05) is 29.4 Å². The van der Waals surface area contributed by atoms with E-state index in [-0.39, 0.29) is 5.41 Å². The third-order valence-electron chi connectivity index (χ3n) is 2.66. The summed E-state index contributed by atoms with van der Waals surface area (Å²) in [5.74, 6) is 0.595. The van der Waals surface area contributed by atoms with Crippen LogP contribution in [0.3, 0.4) is 0 Å². The maximum Gasteiger partial charge on any atom is 0.212 e. The Labute approximate surface area is 107 Å². The molecule has 0 fully saturated rings. The maximum absolute atomic E-state index is 5.02. The summed E-state index contributed by atoms with van der Waals surface area (Å²) in [6.45, 7) is 6.35. The van der Waals surface area contributed by atoms with Crippen molar-refractivity contribution >= 4 is 0 Å². The minimum atomic E-state index is 0.0175. The van der Waals surface area contributed by atoms with Gasteiger partial charge in [0.1, 0.15) is 0 Å². The Morgan fingerprint density at radius 1 is 0.944 bits per heavy atom. The van der Waals surface area contributed by atoms with Crippen LogP contribution >= 0.6 is 0 Å². The first-order valence-corrected chi connectivity index (χ1v) is 5.83. The Morgan fingerprint density at radius 2 is 1.72 bits per heavy atom. The molecule has 2 heterocycles. The fraction of sp³-hybridized carbons (Fsp3) is 0.357. The van der Waals surface area contributed by atoms with Crippen molar-refractivity contribution in [2.75, 3.05) is 7.11 Å². The van der Waals surface area contributed by atoms with Crippen LogP contribution in [0, 0.1) is 0 Å². The molecule has 0 aliphatic carbocycles. The van der Waals surface area contributed by atoms with E-state index < -0.39 is 0 Å². The average molecular weight is 243 g/mol. The summed E-state index contributed by atoms with van der Waals surface area (Å²) in [6, 6.07) is 3.74. The van der Waals surface area contributed by atoms with E-state index >= 15 is 0 Å². The van der Waals surface area contributed by atoms with Crippen molar-refractivity contribution in [2.45, 2.75) is 26.2 Å². The molecule has 2 rings (SSSR count). The van der Waals surface area contributed by atoms with Gasteiger partial charge in [-0.1, -0.05) is 20.8 Å². The van der Waals surface area contributed by atoms with Gasteiger partial charge in [-0.25, -0.2) is 4.98 Å². The lowest BCUT2D eigenvalue weighted by Gasteiger charge is -2.16. The van der Waals surface area contributed by atoms with Gasteiger partial charge in [-0.15, -0.1) is 0 Å². The Bertz CT molecular complexity index is 512. The second kappa shape index (κ2) is 4.72. The zero-order valence-corrected chi connectivity index (χ0v) is 11.1. The van der Waals surface area contributed by atoms with Gasteiger partial charge in [0.05, 0.1) is 24.7 Å². The first-order chi connectivity index (χ1) is 8.50. The van der Waals surface area contributed by atoms with E-state index in [9.17, 15) is 0 Å². The summed E-state index contributed by atoms with van der Waals surface area (Å²) < 4.78 is 5.02. The third-order valence-corrected chi connectivity index (χ3v) is 2.66. The van der Waals surface area contributed by atoms with Crippen LogP contribution in [0.15, 0.2) is 30.7 Å². The van der Waals surface area contributed by atoms with Crippen molar-refractivity contribution in [1.29, 1.82) is 0 Å². The highest BCUT2D eigenvalue weighted by Crippen LogP contribution is 2.22. The molecule has 4 nitrogen and oxygen atoms in total. The molecule has 4 heteroatoms. The topological polar surface area (TPSA) is 47.9 Å². The molecule has 0 unspecified atom stereocenters. The molecule has 0 atom stereocenters. The van der Waals surface area contributed by atoms with E-state index in [1.54, 1.807) is 19.5 Å². The van der Waals surface area contributed by atoms with Crippen LogP contribution in [0.25, 0.3) is 11.3 Å². The second-order valence-corrected chi connectivity index (χ2v) is 5.13. The molecule has 18 heavy (non-hydrogen) atoms. The summed E-state index contributed by atoms with van der Waals surface area (Å²) in [5, 5.41) is 0. The van der Waals surface area contributed by atoms with Crippen molar-refractivity contribution in [3.63, 3.8) is 0 Å². The van der Waals surface area contributed by atoms with Crippen molar-refractivity contribution in [3.8, 4) is 17.1 Å². The van der Waals surface area contributed by atoms with Gasteiger partial charge >= 0.3 is 0 Å². The third kappa shape index (κ3) is 2.64. The summed E-state index contributed by atoms with van der Waals surface area (Å²) >= 11 is 0. The largest absolute Gasteiger partial charge is 0.481 e. The van der Waals surface area contributed by atoms with Gasteiger partial charge < -0.3 is 4.74 Å². The average Bonchev–Trinajstić information content (AvgIpc) is 2.38. The molecule has 0 aromatic carbocycles. The number of nitrogens with zero attached hydrogens (tertiary/aromatic N) is 3. The molecule has 0 aliphatic rings. The molecule has 0 N–H and O–H groups in total. The highest BCUT2D eigenvalue weighted by molar-refractivity contribution is 5.57. The molecule has 94 valence electrons. The lowest BCUT2D eigenvalue weighted by molar-refractivity contribution is 0.398. The molecule has 0 saturated carbocycles. The van der Waals surface area contributed by atoms with E-state index in [0.717, 1.165) is 17.0 Å². The quantitative estimate of drug-likeness (QED) is 0.813. The van der Waals surface area contributed by atoms with Crippen LogP contribution in [-0.2, 0) is 5.41 Å². The molecule has 0 bridgehead atoms. The predicted octanol–water partition coefficient (Wildman–Crippen LogP) is 2.84. The number of aromatic nitrogens is 3. The normalized spacial score (nSPS) is 11.3. The van der Waals surface area contributed by atoms with Crippen LogP contribution in [-0.4, -0.2) is 22.1 Å². The van der Waals surface area contributed by atoms with Gasteiger partial charge in [-0.3, -0.25) is 9.97 Å². The van der Waals surface area contributed by atoms with Crippen molar-refractivity contribution < 1.29 is 4.74 Å². The zero-order chi connectivity index (χ0) is 13.2. The molecule has 0 spiro atoms. The van der Waals surface area contributed by atoms with Crippen molar-refractivity contribution in [3.05, 3.63) is 36.4 Å². The van der Waals surface area contributed by atoms with E-state index in [2.05, 4.69) is 35.7 Å². The number of ether oxygens (including phenoxy) is 1. The smallest absolute Gasteiger partial charge is 0.212 e. The molecule has 2 aromatic rings. The van der Waals surface area contributed by atoms with E-state index in [4.69, 9.17) is 4.74 Å². The maximum atomic E-state index is 5.02. The van der Waals surface area contributed by atoms with Crippen molar-refractivity contribution in [2.24, 2.45) is 0 Å². The fourth-order valence-corrected chi connectivity index (χ4v) is 1.52. The Kier molecular flexibility index (Phi) is 3.28. The van der Waals surface area contributed by atoms with Crippen LogP contribution in [0.2, 0.25) is 0 Å². The number of hydrogen-bond donors (Lipinski definition) is 0. The van der Waals surface area contributed by atoms with Crippen molar-refractivity contribution in [1.82, 2.24) is 15.0 Å². The van der Waals surface area contributed by atoms with Gasteiger partial charge in [0.15, 0.2) is 0 Å². The Hall–Kier alpha value is -1.97.